The zero-order chi connectivity index (χ0) is 18.0. The monoisotopic (exact) mass is 367 g/mol. The number of pyridine rings is 1. The van der Waals surface area contributed by atoms with Gasteiger partial charge < -0.3 is 14.8 Å². The molecule has 130 valence electrons. The Balaban J connectivity index is 2.33. The third kappa shape index (κ3) is 3.37. The Morgan fingerprint density at radius 2 is 1.96 bits per heavy atom. The van der Waals surface area contributed by atoms with E-state index in [0.29, 0.717) is 5.03 Å². The number of aliphatic carboxylic acids is 1. The minimum atomic E-state index is -2.07. The van der Waals surface area contributed by atoms with E-state index in [4.69, 9.17) is 0 Å². The molecule has 1 aromatic carbocycles. The van der Waals surface area contributed by atoms with Crippen molar-refractivity contribution in [1.82, 2.24) is 4.98 Å². The Bertz CT molecular complexity index is 765. The fourth-order valence-corrected chi connectivity index (χ4v) is 5.15. The van der Waals surface area contributed by atoms with E-state index < -0.39 is 25.2 Å². The third-order valence-corrected chi connectivity index (χ3v) is 7.89. The summed E-state index contributed by atoms with van der Waals surface area (Å²) in [5, 5.41) is 20.4. The zero-order valence-corrected chi connectivity index (χ0v) is 15.9. The van der Waals surface area contributed by atoms with Crippen LogP contribution in [0.4, 0.5) is 0 Å². The molecular weight excluding hydrogens is 345 g/mol. The van der Waals surface area contributed by atoms with Gasteiger partial charge in [-0.3, -0.25) is 0 Å². The first-order valence-corrected chi connectivity index (χ1v) is 9.69. The number of carbonyl (C=O) groups is 1. The summed E-state index contributed by atoms with van der Waals surface area (Å²) < 4.78 is 12.0. The first-order valence-electron chi connectivity index (χ1n) is 7.65. The lowest BCUT2D eigenvalue weighted by molar-refractivity contribution is -0.161. The normalized spacial score (nSPS) is 17.2. The summed E-state index contributed by atoms with van der Waals surface area (Å²) in [6, 6.07) is 11.5. The number of benzene rings is 1. The average Bonchev–Trinajstić information content (AvgIpc) is 2.55. The second kappa shape index (κ2) is 7.26. The molecule has 5 nitrogen and oxygen atoms in total. The molecule has 1 aromatic heterocycles. The van der Waals surface area contributed by atoms with Crippen molar-refractivity contribution < 1.29 is 19.6 Å². The van der Waals surface area contributed by atoms with Crippen LogP contribution in [0.1, 0.15) is 20.8 Å². The van der Waals surface area contributed by atoms with Gasteiger partial charge >= 0.3 is 5.97 Å². The van der Waals surface area contributed by atoms with Crippen LogP contribution in [0.3, 0.4) is 0 Å². The summed E-state index contributed by atoms with van der Waals surface area (Å²) in [5.74, 6) is -1.40. The fourth-order valence-electron chi connectivity index (χ4n) is 2.67. The van der Waals surface area contributed by atoms with Crippen molar-refractivity contribution in [2.45, 2.75) is 36.6 Å². The van der Waals surface area contributed by atoms with E-state index in [0.717, 1.165) is 10.9 Å². The number of rotatable bonds is 7. The molecule has 0 amide bonds. The number of nitrogens with zero attached hydrogens (tertiary/aromatic N) is 1. The highest BCUT2D eigenvalue weighted by Crippen LogP contribution is 2.45. The summed E-state index contributed by atoms with van der Waals surface area (Å²) in [6.07, 6.45) is 0. The SMILES string of the molecule is CC(C)C(CSc1ccc2ccccc2n1)([PH2]=O)C(C)(O)C(=O)O. The first kappa shape index (κ1) is 19.0. The molecule has 0 aliphatic carbocycles. The highest BCUT2D eigenvalue weighted by molar-refractivity contribution is 7.99. The molecule has 0 aliphatic heterocycles. The van der Waals surface area contributed by atoms with E-state index in [1.54, 1.807) is 13.8 Å². The van der Waals surface area contributed by atoms with Crippen LogP contribution in [0.15, 0.2) is 41.4 Å². The zero-order valence-electron chi connectivity index (χ0n) is 13.9. The van der Waals surface area contributed by atoms with E-state index >= 15 is 0 Å². The predicted molar refractivity (Wildman–Crippen MR) is 98.7 cm³/mol. The van der Waals surface area contributed by atoms with Gasteiger partial charge in [0.15, 0.2) is 5.60 Å². The number of aromatic nitrogens is 1. The molecule has 2 rings (SSSR count). The molecule has 0 aliphatic rings. The quantitative estimate of drug-likeness (QED) is 0.577. The molecule has 0 bridgehead atoms. The molecular formula is C17H22NO4PS. The van der Waals surface area contributed by atoms with Gasteiger partial charge in [-0.25, -0.2) is 9.78 Å². The van der Waals surface area contributed by atoms with Gasteiger partial charge in [0, 0.05) is 11.1 Å². The van der Waals surface area contributed by atoms with Crippen molar-refractivity contribution >= 4 is 37.1 Å². The topological polar surface area (TPSA) is 87.5 Å². The van der Waals surface area contributed by atoms with Gasteiger partial charge in [-0.15, -0.1) is 11.8 Å². The highest BCUT2D eigenvalue weighted by atomic mass is 32.2. The van der Waals surface area contributed by atoms with Crippen molar-refractivity contribution in [2.24, 2.45) is 5.92 Å². The maximum Gasteiger partial charge on any atom is 0.336 e. The molecule has 2 N–H and O–H groups in total. The Hall–Kier alpha value is -1.36. The first-order chi connectivity index (χ1) is 11.2. The number of carboxylic acids is 1. The van der Waals surface area contributed by atoms with Crippen molar-refractivity contribution in [1.29, 1.82) is 0 Å². The standard InChI is InChI=1S/C17H22NO4PS/c1-11(2)17(23-22,16(3,21)15(19)20)10-24-14-9-8-12-6-4-5-7-13(12)18-14/h4-9,11,21H,10,23H2,1-3H3,(H,19,20). The summed E-state index contributed by atoms with van der Waals surface area (Å²) in [4.78, 5) is 16.1. The molecule has 0 fully saturated rings. The van der Waals surface area contributed by atoms with E-state index in [9.17, 15) is 19.6 Å². The van der Waals surface area contributed by atoms with Crippen LogP contribution in [0.25, 0.3) is 10.9 Å². The molecule has 7 heteroatoms. The molecule has 24 heavy (non-hydrogen) atoms. The number of hydrogen-bond acceptors (Lipinski definition) is 5. The van der Waals surface area contributed by atoms with Gasteiger partial charge in [-0.1, -0.05) is 38.1 Å². The summed E-state index contributed by atoms with van der Waals surface area (Å²) in [5.41, 5.74) is -1.22. The highest BCUT2D eigenvalue weighted by Gasteiger charge is 2.54. The van der Waals surface area contributed by atoms with Crippen molar-refractivity contribution in [3.05, 3.63) is 36.4 Å². The number of hydrogen-bond donors (Lipinski definition) is 2. The van der Waals surface area contributed by atoms with Gasteiger partial charge in [0.2, 0.25) is 0 Å². The van der Waals surface area contributed by atoms with Gasteiger partial charge in [-0.2, -0.15) is 0 Å². The maximum absolute atomic E-state index is 12.0. The van der Waals surface area contributed by atoms with Gasteiger partial charge in [0.1, 0.15) is 0 Å². The van der Waals surface area contributed by atoms with E-state index in [1.165, 1.54) is 18.7 Å². The van der Waals surface area contributed by atoms with Crippen LogP contribution in [-0.2, 0) is 9.36 Å². The molecule has 0 saturated carbocycles. The lowest BCUT2D eigenvalue weighted by Crippen LogP contribution is -2.58. The molecule has 3 unspecified atom stereocenters. The Labute approximate surface area is 146 Å². The second-order valence-electron chi connectivity index (χ2n) is 6.32. The number of carboxylic acid groups (broad SMARTS) is 1. The molecule has 0 saturated heterocycles. The van der Waals surface area contributed by atoms with Crippen LogP contribution < -0.4 is 0 Å². The van der Waals surface area contributed by atoms with Crippen LogP contribution in [0, 0.1) is 5.92 Å². The van der Waals surface area contributed by atoms with Gasteiger partial charge in [0.05, 0.1) is 24.2 Å². The van der Waals surface area contributed by atoms with Crippen LogP contribution in [-0.4, -0.2) is 37.7 Å². The van der Waals surface area contributed by atoms with Crippen molar-refractivity contribution in [3.8, 4) is 0 Å². The number of fused-ring (bicyclic) bond motifs is 1. The lowest BCUT2D eigenvalue weighted by Gasteiger charge is -2.41. The van der Waals surface area contributed by atoms with Crippen LogP contribution >= 0.6 is 20.2 Å². The summed E-state index contributed by atoms with van der Waals surface area (Å²) in [7, 11) is -1.51. The number of para-hydroxylation sites is 1. The Morgan fingerprint density at radius 1 is 1.29 bits per heavy atom. The molecule has 0 radical (unpaired) electrons. The fraction of sp³-hybridized carbons (Fsp3) is 0.412. The smallest absolute Gasteiger partial charge is 0.336 e. The average molecular weight is 367 g/mol. The predicted octanol–water partition coefficient (Wildman–Crippen LogP) is 3.31. The largest absolute Gasteiger partial charge is 0.479 e. The van der Waals surface area contributed by atoms with Crippen molar-refractivity contribution in [2.75, 3.05) is 5.75 Å². The van der Waals surface area contributed by atoms with E-state index in [-0.39, 0.29) is 11.7 Å². The third-order valence-electron chi connectivity index (χ3n) is 4.60. The Morgan fingerprint density at radius 3 is 2.54 bits per heavy atom. The van der Waals surface area contributed by atoms with E-state index in [2.05, 4.69) is 4.98 Å². The van der Waals surface area contributed by atoms with Gasteiger partial charge in [-0.05, 0) is 25.0 Å². The maximum atomic E-state index is 12.0. The van der Waals surface area contributed by atoms with Crippen LogP contribution in [0.5, 0.6) is 0 Å². The van der Waals surface area contributed by atoms with Gasteiger partial charge in [0.25, 0.3) is 0 Å². The molecule has 3 atom stereocenters. The number of thioether (sulfide) groups is 1. The minimum Gasteiger partial charge on any atom is -0.479 e. The van der Waals surface area contributed by atoms with E-state index in [1.807, 2.05) is 36.4 Å². The van der Waals surface area contributed by atoms with Crippen LogP contribution in [0.2, 0.25) is 0 Å². The minimum absolute atomic E-state index is 0.216. The molecule has 1 heterocycles. The molecule has 0 spiro atoms. The summed E-state index contributed by atoms with van der Waals surface area (Å²) >= 11 is 1.33. The Kier molecular flexibility index (Phi) is 5.74. The summed E-state index contributed by atoms with van der Waals surface area (Å²) in [6.45, 7) is 4.81. The molecule has 2 aromatic rings. The number of aliphatic hydroxyl groups is 1. The van der Waals surface area contributed by atoms with Crippen molar-refractivity contribution in [3.63, 3.8) is 0 Å². The lowest BCUT2D eigenvalue weighted by atomic mass is 9.81. The second-order valence-corrected chi connectivity index (χ2v) is 8.58.